The van der Waals surface area contributed by atoms with Crippen LogP contribution in [0, 0.1) is 6.92 Å². The van der Waals surface area contributed by atoms with Crippen molar-refractivity contribution < 1.29 is 4.79 Å². The Morgan fingerprint density at radius 1 is 1.14 bits per heavy atom. The topological polar surface area (TPSA) is 32.3 Å². The highest BCUT2D eigenvalue weighted by Crippen LogP contribution is 2.24. The van der Waals surface area contributed by atoms with Crippen molar-refractivity contribution in [2.45, 2.75) is 19.9 Å². The first-order valence-electron chi connectivity index (χ1n) is 7.33. The van der Waals surface area contributed by atoms with Crippen LogP contribution in [-0.2, 0) is 13.0 Å². The fraction of sp³-hybridized carbons (Fsp3) is 0.278. The highest BCUT2D eigenvalue weighted by Gasteiger charge is 2.21. The van der Waals surface area contributed by atoms with E-state index in [2.05, 4.69) is 11.4 Å². The molecular formula is C18H20N2O. The summed E-state index contributed by atoms with van der Waals surface area (Å²) in [4.78, 5) is 14.6. The molecule has 0 bridgehead atoms. The monoisotopic (exact) mass is 280 g/mol. The van der Waals surface area contributed by atoms with E-state index >= 15 is 0 Å². The van der Waals surface area contributed by atoms with Gasteiger partial charge in [-0.2, -0.15) is 0 Å². The minimum absolute atomic E-state index is 0.0723. The summed E-state index contributed by atoms with van der Waals surface area (Å²) in [7, 11) is 1.85. The van der Waals surface area contributed by atoms with Gasteiger partial charge in [0.05, 0.1) is 0 Å². The van der Waals surface area contributed by atoms with Crippen molar-refractivity contribution >= 4 is 11.6 Å². The highest BCUT2D eigenvalue weighted by atomic mass is 16.2. The van der Waals surface area contributed by atoms with Gasteiger partial charge >= 0.3 is 0 Å². The number of para-hydroxylation sites is 1. The van der Waals surface area contributed by atoms with Gasteiger partial charge in [0.1, 0.15) is 0 Å². The first kappa shape index (κ1) is 13.8. The van der Waals surface area contributed by atoms with Gasteiger partial charge in [0, 0.05) is 24.8 Å². The molecule has 3 nitrogen and oxygen atoms in total. The molecular weight excluding hydrogens is 260 g/mol. The molecule has 0 atom stereocenters. The number of carbonyl (C=O) groups excluding carboxylic acids is 1. The number of anilines is 1. The number of nitrogens with zero attached hydrogens (tertiary/aromatic N) is 1. The zero-order valence-electron chi connectivity index (χ0n) is 12.5. The van der Waals surface area contributed by atoms with Crippen LogP contribution in [-0.4, -0.2) is 19.5 Å². The van der Waals surface area contributed by atoms with Crippen molar-refractivity contribution in [3.05, 3.63) is 64.7 Å². The summed E-state index contributed by atoms with van der Waals surface area (Å²) < 4.78 is 0. The minimum atomic E-state index is 0.0723. The van der Waals surface area contributed by atoms with E-state index in [0.29, 0.717) is 0 Å². The summed E-state index contributed by atoms with van der Waals surface area (Å²) in [6.07, 6.45) is 0.916. The molecule has 3 rings (SSSR count). The normalized spacial score (nSPS) is 13.6. The first-order chi connectivity index (χ1) is 10.2. The van der Waals surface area contributed by atoms with Crippen LogP contribution in [0.25, 0.3) is 0 Å². The van der Waals surface area contributed by atoms with E-state index < -0.39 is 0 Å². The summed E-state index contributed by atoms with van der Waals surface area (Å²) in [5.74, 6) is 0.0723. The first-order valence-corrected chi connectivity index (χ1v) is 7.33. The lowest BCUT2D eigenvalue weighted by Crippen LogP contribution is -2.31. The van der Waals surface area contributed by atoms with Crippen LogP contribution in [0.5, 0.6) is 0 Å². The number of aryl methyl sites for hydroxylation is 1. The van der Waals surface area contributed by atoms with Crippen molar-refractivity contribution in [3.63, 3.8) is 0 Å². The summed E-state index contributed by atoms with van der Waals surface area (Å²) in [5, 5.41) is 3.35. The third kappa shape index (κ3) is 2.57. The molecule has 3 heteroatoms. The fourth-order valence-electron chi connectivity index (χ4n) is 2.96. The van der Waals surface area contributed by atoms with Crippen LogP contribution in [0.1, 0.15) is 27.0 Å². The Bertz CT molecular complexity index is 679. The number of benzene rings is 2. The van der Waals surface area contributed by atoms with Crippen molar-refractivity contribution in [2.24, 2.45) is 0 Å². The lowest BCUT2D eigenvalue weighted by Gasteiger charge is -2.24. The summed E-state index contributed by atoms with van der Waals surface area (Å²) in [5.41, 5.74) is 5.35. The van der Waals surface area contributed by atoms with Gasteiger partial charge in [-0.05, 0) is 48.7 Å². The second-order valence-electron chi connectivity index (χ2n) is 5.52. The van der Waals surface area contributed by atoms with E-state index in [0.717, 1.165) is 36.3 Å². The van der Waals surface area contributed by atoms with Crippen molar-refractivity contribution in [3.8, 4) is 0 Å². The highest BCUT2D eigenvalue weighted by molar-refractivity contribution is 6.07. The van der Waals surface area contributed by atoms with E-state index in [1.165, 1.54) is 11.1 Å². The van der Waals surface area contributed by atoms with E-state index in [9.17, 15) is 4.79 Å². The molecule has 0 spiro atoms. The van der Waals surface area contributed by atoms with Crippen LogP contribution in [0.2, 0.25) is 0 Å². The van der Waals surface area contributed by atoms with Crippen LogP contribution in [0.4, 0.5) is 5.69 Å². The second-order valence-corrected chi connectivity index (χ2v) is 5.52. The predicted molar refractivity (Wildman–Crippen MR) is 85.8 cm³/mol. The number of fused-ring (bicyclic) bond motifs is 1. The third-order valence-electron chi connectivity index (χ3n) is 4.15. The minimum Gasteiger partial charge on any atom is -0.312 e. The SMILES string of the molecule is Cc1ccccc1N(C)C(=O)c1cccc2c1CCNC2. The lowest BCUT2D eigenvalue weighted by molar-refractivity contribution is 0.0991. The van der Waals surface area contributed by atoms with Gasteiger partial charge < -0.3 is 10.2 Å². The molecule has 0 saturated heterocycles. The van der Waals surface area contributed by atoms with Gasteiger partial charge in [-0.3, -0.25) is 4.79 Å². The molecule has 0 saturated carbocycles. The molecule has 1 amide bonds. The van der Waals surface area contributed by atoms with Crippen LogP contribution in [0.3, 0.4) is 0 Å². The third-order valence-corrected chi connectivity index (χ3v) is 4.15. The van der Waals surface area contributed by atoms with Crippen molar-refractivity contribution in [1.29, 1.82) is 0 Å². The smallest absolute Gasteiger partial charge is 0.258 e. The molecule has 1 N–H and O–H groups in total. The standard InChI is InChI=1S/C18H20N2O/c1-13-6-3-4-9-17(13)20(2)18(21)16-8-5-7-14-12-19-11-10-15(14)16/h3-9,19H,10-12H2,1-2H3. The molecule has 0 unspecified atom stereocenters. The Kier molecular flexibility index (Phi) is 3.76. The molecule has 2 aromatic carbocycles. The average Bonchev–Trinajstić information content (AvgIpc) is 2.53. The Labute approximate surface area is 125 Å². The Balaban J connectivity index is 1.98. The van der Waals surface area contributed by atoms with Crippen LogP contribution >= 0.6 is 0 Å². The van der Waals surface area contributed by atoms with Gasteiger partial charge in [0.25, 0.3) is 5.91 Å². The van der Waals surface area contributed by atoms with Gasteiger partial charge in [-0.25, -0.2) is 0 Å². The van der Waals surface area contributed by atoms with E-state index in [-0.39, 0.29) is 5.91 Å². The largest absolute Gasteiger partial charge is 0.312 e. The maximum atomic E-state index is 12.9. The number of rotatable bonds is 2. The Morgan fingerprint density at radius 3 is 2.76 bits per heavy atom. The van der Waals surface area contributed by atoms with Gasteiger partial charge in [0.2, 0.25) is 0 Å². The number of hydrogen-bond donors (Lipinski definition) is 1. The molecule has 0 aliphatic carbocycles. The molecule has 1 aliphatic rings. The zero-order chi connectivity index (χ0) is 14.8. The molecule has 21 heavy (non-hydrogen) atoms. The van der Waals surface area contributed by atoms with Crippen LogP contribution in [0.15, 0.2) is 42.5 Å². The van der Waals surface area contributed by atoms with Crippen molar-refractivity contribution in [2.75, 3.05) is 18.5 Å². The number of amides is 1. The average molecular weight is 280 g/mol. The van der Waals surface area contributed by atoms with E-state index in [4.69, 9.17) is 0 Å². The maximum absolute atomic E-state index is 12.9. The lowest BCUT2D eigenvalue weighted by atomic mass is 9.94. The molecule has 0 fully saturated rings. The summed E-state index contributed by atoms with van der Waals surface area (Å²) in [6.45, 7) is 3.82. The predicted octanol–water partition coefficient (Wildman–Crippen LogP) is 2.92. The maximum Gasteiger partial charge on any atom is 0.258 e. The number of carbonyl (C=O) groups is 1. The van der Waals surface area contributed by atoms with Crippen LogP contribution < -0.4 is 10.2 Å². The van der Waals surface area contributed by atoms with Gasteiger partial charge in [-0.15, -0.1) is 0 Å². The second kappa shape index (κ2) is 5.70. The summed E-state index contributed by atoms with van der Waals surface area (Å²) in [6, 6.07) is 14.0. The number of nitrogens with one attached hydrogen (secondary N) is 1. The Hall–Kier alpha value is -2.13. The van der Waals surface area contributed by atoms with Gasteiger partial charge in [-0.1, -0.05) is 30.3 Å². The molecule has 1 heterocycles. The molecule has 0 radical (unpaired) electrons. The van der Waals surface area contributed by atoms with Gasteiger partial charge in [0.15, 0.2) is 0 Å². The molecule has 0 aromatic heterocycles. The van der Waals surface area contributed by atoms with E-state index in [1.807, 2.05) is 50.4 Å². The zero-order valence-corrected chi connectivity index (χ0v) is 12.5. The fourth-order valence-corrected chi connectivity index (χ4v) is 2.96. The Morgan fingerprint density at radius 2 is 1.95 bits per heavy atom. The van der Waals surface area contributed by atoms with Crippen molar-refractivity contribution in [1.82, 2.24) is 5.32 Å². The number of hydrogen-bond acceptors (Lipinski definition) is 2. The molecule has 1 aliphatic heterocycles. The molecule has 108 valence electrons. The summed E-state index contributed by atoms with van der Waals surface area (Å²) >= 11 is 0. The quantitative estimate of drug-likeness (QED) is 0.917. The molecule has 2 aromatic rings. The van der Waals surface area contributed by atoms with E-state index in [1.54, 1.807) is 4.90 Å².